The maximum Gasteiger partial charge on any atom is 0.420 e. The maximum absolute atomic E-state index is 13.5. The average Bonchev–Trinajstić information content (AvgIpc) is 3.42. The molecule has 3 heterocycles. The molecule has 8 nitrogen and oxygen atoms in total. The Labute approximate surface area is 178 Å². The van der Waals surface area contributed by atoms with Crippen molar-refractivity contribution in [1.29, 1.82) is 0 Å². The number of hydrogen-bond donors (Lipinski definition) is 1. The van der Waals surface area contributed by atoms with Crippen LogP contribution >= 0.6 is 11.3 Å². The summed E-state index contributed by atoms with van der Waals surface area (Å²) in [7, 11) is 0. The number of fused-ring (bicyclic) bond motifs is 2. The lowest BCUT2D eigenvalue weighted by Crippen LogP contribution is -2.32. The third kappa shape index (κ3) is 3.73. The van der Waals surface area contributed by atoms with Gasteiger partial charge in [-0.3, -0.25) is 9.36 Å². The van der Waals surface area contributed by atoms with Crippen LogP contribution in [0.5, 0.6) is 0 Å². The molecule has 0 spiro atoms. The highest BCUT2D eigenvalue weighted by Crippen LogP contribution is 2.21. The number of nitrogens with one attached hydrogen (secondary N) is 1. The fourth-order valence-corrected chi connectivity index (χ4v) is 4.20. The molecule has 156 valence electrons. The lowest BCUT2D eigenvalue weighted by molar-refractivity contribution is -0.121. The summed E-state index contributed by atoms with van der Waals surface area (Å²) in [4.78, 5) is 29.5. The lowest BCUT2D eigenvalue weighted by Gasteiger charge is -2.05. The molecule has 0 aliphatic rings. The van der Waals surface area contributed by atoms with Gasteiger partial charge in [0.1, 0.15) is 12.4 Å². The highest BCUT2D eigenvalue weighted by atomic mass is 32.1. The number of halogens is 1. The van der Waals surface area contributed by atoms with E-state index in [9.17, 15) is 14.0 Å². The number of thiazole rings is 1. The topological polar surface area (TPSA) is 94.4 Å². The van der Waals surface area contributed by atoms with Gasteiger partial charge in [0.15, 0.2) is 11.4 Å². The molecule has 1 amide bonds. The highest BCUT2D eigenvalue weighted by Gasteiger charge is 2.14. The van der Waals surface area contributed by atoms with Crippen molar-refractivity contribution < 1.29 is 13.6 Å². The van der Waals surface area contributed by atoms with Crippen LogP contribution < -0.4 is 11.1 Å². The Bertz CT molecular complexity index is 1460. The van der Waals surface area contributed by atoms with Gasteiger partial charge in [0.25, 0.3) is 0 Å². The van der Waals surface area contributed by atoms with Crippen molar-refractivity contribution in [3.63, 3.8) is 0 Å². The second kappa shape index (κ2) is 7.80. The Morgan fingerprint density at radius 2 is 2.06 bits per heavy atom. The van der Waals surface area contributed by atoms with Crippen molar-refractivity contribution >= 4 is 33.3 Å². The van der Waals surface area contributed by atoms with Crippen molar-refractivity contribution in [2.75, 3.05) is 6.54 Å². The van der Waals surface area contributed by atoms with E-state index < -0.39 is 5.76 Å². The standard InChI is InChI=1S/C21H16FN5O3S/c22-14-5-3-4-13(10-14)19-24-20-27(25-19)15(12-31-20)8-9-23-18(28)11-26-16-6-1-2-7-17(16)30-21(26)29/h1-7,10,12H,8-9,11H2,(H,23,28). The Morgan fingerprint density at radius 1 is 1.19 bits per heavy atom. The number of carbonyl (C=O) groups excluding carboxylic acids is 1. The zero-order chi connectivity index (χ0) is 21.4. The number of hydrogen-bond acceptors (Lipinski definition) is 6. The monoisotopic (exact) mass is 437 g/mol. The number of rotatable bonds is 6. The van der Waals surface area contributed by atoms with Crippen LogP contribution in [0.25, 0.3) is 27.4 Å². The van der Waals surface area contributed by atoms with Crippen LogP contribution in [0.4, 0.5) is 4.39 Å². The first kappa shape index (κ1) is 19.2. The van der Waals surface area contributed by atoms with Gasteiger partial charge in [-0.1, -0.05) is 24.3 Å². The number of benzene rings is 2. The summed E-state index contributed by atoms with van der Waals surface area (Å²) in [6.45, 7) is 0.242. The molecule has 0 unspecified atom stereocenters. The summed E-state index contributed by atoms with van der Waals surface area (Å²) in [5.41, 5.74) is 2.50. The van der Waals surface area contributed by atoms with Gasteiger partial charge in [0, 0.05) is 23.9 Å². The van der Waals surface area contributed by atoms with Crippen LogP contribution in [0.1, 0.15) is 5.69 Å². The van der Waals surface area contributed by atoms with E-state index in [1.54, 1.807) is 40.9 Å². The Morgan fingerprint density at radius 3 is 2.94 bits per heavy atom. The number of oxazole rings is 1. The summed E-state index contributed by atoms with van der Waals surface area (Å²) < 4.78 is 21.6. The van der Waals surface area contributed by atoms with E-state index in [0.29, 0.717) is 40.4 Å². The van der Waals surface area contributed by atoms with E-state index in [1.807, 2.05) is 5.38 Å². The molecule has 5 rings (SSSR count). The smallest absolute Gasteiger partial charge is 0.408 e. The number of para-hydroxylation sites is 2. The van der Waals surface area contributed by atoms with Gasteiger partial charge in [0.05, 0.1) is 11.2 Å². The van der Waals surface area contributed by atoms with Gasteiger partial charge in [0.2, 0.25) is 10.9 Å². The minimum Gasteiger partial charge on any atom is -0.408 e. The van der Waals surface area contributed by atoms with Gasteiger partial charge < -0.3 is 9.73 Å². The minimum absolute atomic E-state index is 0.123. The molecule has 5 aromatic rings. The normalized spacial score (nSPS) is 11.4. The number of amides is 1. The Hall–Kier alpha value is -3.79. The minimum atomic E-state index is -0.566. The molecule has 0 radical (unpaired) electrons. The molecule has 0 aliphatic heterocycles. The van der Waals surface area contributed by atoms with Crippen LogP contribution in [0, 0.1) is 5.82 Å². The van der Waals surface area contributed by atoms with Gasteiger partial charge in [-0.25, -0.2) is 13.7 Å². The third-order valence-electron chi connectivity index (χ3n) is 4.81. The molecule has 0 atom stereocenters. The highest BCUT2D eigenvalue weighted by molar-refractivity contribution is 7.15. The van der Waals surface area contributed by atoms with Crippen LogP contribution in [-0.4, -0.2) is 31.6 Å². The van der Waals surface area contributed by atoms with Gasteiger partial charge in [-0.05, 0) is 24.3 Å². The van der Waals surface area contributed by atoms with Crippen LogP contribution in [0.3, 0.4) is 0 Å². The Balaban J connectivity index is 1.25. The summed E-state index contributed by atoms with van der Waals surface area (Å²) in [5.74, 6) is -0.756. The summed E-state index contributed by atoms with van der Waals surface area (Å²) in [5, 5.41) is 9.20. The zero-order valence-electron chi connectivity index (χ0n) is 16.1. The fourth-order valence-electron chi connectivity index (χ4n) is 3.34. The third-order valence-corrected chi connectivity index (χ3v) is 5.68. The van der Waals surface area contributed by atoms with Crippen LogP contribution in [-0.2, 0) is 17.8 Å². The first-order valence-corrected chi connectivity index (χ1v) is 10.4. The van der Waals surface area contributed by atoms with Gasteiger partial charge in [-0.15, -0.1) is 16.4 Å². The van der Waals surface area contributed by atoms with Crippen molar-refractivity contribution in [2.24, 2.45) is 0 Å². The van der Waals surface area contributed by atoms with Crippen molar-refractivity contribution in [3.8, 4) is 11.4 Å². The zero-order valence-corrected chi connectivity index (χ0v) is 16.9. The molecule has 2 aromatic carbocycles. The summed E-state index contributed by atoms with van der Waals surface area (Å²) in [6, 6.07) is 13.1. The summed E-state index contributed by atoms with van der Waals surface area (Å²) in [6.07, 6.45) is 0.527. The van der Waals surface area contributed by atoms with Gasteiger partial charge in [-0.2, -0.15) is 4.98 Å². The van der Waals surface area contributed by atoms with E-state index >= 15 is 0 Å². The molecule has 0 saturated carbocycles. The predicted octanol–water partition coefficient (Wildman–Crippen LogP) is 2.86. The quantitative estimate of drug-likeness (QED) is 0.441. The predicted molar refractivity (Wildman–Crippen MR) is 113 cm³/mol. The van der Waals surface area contributed by atoms with E-state index in [1.165, 1.54) is 28.0 Å². The average molecular weight is 437 g/mol. The molecule has 0 aliphatic carbocycles. The van der Waals surface area contributed by atoms with E-state index in [-0.39, 0.29) is 18.3 Å². The second-order valence-corrected chi connectivity index (χ2v) is 7.73. The summed E-state index contributed by atoms with van der Waals surface area (Å²) >= 11 is 1.42. The molecule has 0 bridgehead atoms. The molecule has 0 fully saturated rings. The maximum atomic E-state index is 13.5. The van der Waals surface area contributed by atoms with Crippen molar-refractivity contribution in [1.82, 2.24) is 24.5 Å². The molecule has 0 saturated heterocycles. The van der Waals surface area contributed by atoms with Crippen molar-refractivity contribution in [3.05, 3.63) is 76.0 Å². The number of aromatic nitrogens is 4. The van der Waals surface area contributed by atoms with Gasteiger partial charge >= 0.3 is 5.76 Å². The first-order chi connectivity index (χ1) is 15.1. The molecule has 31 heavy (non-hydrogen) atoms. The van der Waals surface area contributed by atoms with Crippen LogP contribution in [0.15, 0.2) is 63.1 Å². The second-order valence-electron chi connectivity index (χ2n) is 6.89. The lowest BCUT2D eigenvalue weighted by atomic mass is 10.2. The molecular formula is C21H16FN5O3S. The molecule has 1 N–H and O–H groups in total. The largest absolute Gasteiger partial charge is 0.420 e. The van der Waals surface area contributed by atoms with Crippen molar-refractivity contribution in [2.45, 2.75) is 13.0 Å². The van der Waals surface area contributed by atoms with E-state index in [0.717, 1.165) is 5.69 Å². The first-order valence-electron chi connectivity index (χ1n) is 9.52. The fraction of sp³-hybridized carbons (Fsp3) is 0.143. The molecular weight excluding hydrogens is 421 g/mol. The van der Waals surface area contributed by atoms with E-state index in [4.69, 9.17) is 4.42 Å². The Kier molecular flexibility index (Phi) is 4.83. The van der Waals surface area contributed by atoms with E-state index in [2.05, 4.69) is 15.4 Å². The number of carbonyl (C=O) groups is 1. The van der Waals surface area contributed by atoms with Crippen LogP contribution in [0.2, 0.25) is 0 Å². The molecule has 10 heteroatoms. The molecule has 3 aromatic heterocycles. The number of nitrogens with zero attached hydrogens (tertiary/aromatic N) is 4. The SMILES string of the molecule is O=C(Cn1c(=O)oc2ccccc21)NCCc1csc2nc(-c3cccc(F)c3)nn12.